The maximum atomic E-state index is 12.2. The Kier molecular flexibility index (Phi) is 5.35. The van der Waals surface area contributed by atoms with Gasteiger partial charge in [0.2, 0.25) is 11.0 Å². The summed E-state index contributed by atoms with van der Waals surface area (Å²) in [6.07, 6.45) is 0.684. The number of hydrogen-bond acceptors (Lipinski definition) is 8. The van der Waals surface area contributed by atoms with Gasteiger partial charge in [-0.25, -0.2) is 4.68 Å². The van der Waals surface area contributed by atoms with Crippen molar-refractivity contribution >= 4 is 11.8 Å². The van der Waals surface area contributed by atoms with Gasteiger partial charge in [-0.1, -0.05) is 23.8 Å². The molecule has 0 bridgehead atoms. The van der Waals surface area contributed by atoms with Gasteiger partial charge in [0.15, 0.2) is 11.6 Å². The fraction of sp³-hybridized carbons (Fsp3) is 0.333. The fourth-order valence-electron chi connectivity index (χ4n) is 2.12. The van der Waals surface area contributed by atoms with Gasteiger partial charge in [-0.05, 0) is 31.2 Å². The summed E-state index contributed by atoms with van der Waals surface area (Å²) in [6.45, 7) is 0.955. The number of rotatable bonds is 7. The van der Waals surface area contributed by atoms with E-state index in [1.807, 2.05) is 13.8 Å². The summed E-state index contributed by atoms with van der Waals surface area (Å²) in [5.74, 6) is 7.62. The Morgan fingerprint density at radius 2 is 2.00 bits per heavy atom. The van der Waals surface area contributed by atoms with E-state index in [9.17, 15) is 8.78 Å². The summed E-state index contributed by atoms with van der Waals surface area (Å²) in [5.41, 5.74) is 0.618. The Morgan fingerprint density at radius 1 is 1.27 bits per heavy atom. The third-order valence-electron chi connectivity index (χ3n) is 3.43. The highest BCUT2D eigenvalue weighted by molar-refractivity contribution is 7.99. The highest BCUT2D eigenvalue weighted by Gasteiger charge is 2.20. The molecule has 2 heterocycles. The number of hydrogen-bond donors (Lipinski definition) is 1. The Hall–Kier alpha value is -2.69. The molecule has 3 aromatic rings. The van der Waals surface area contributed by atoms with Crippen molar-refractivity contribution in [3.63, 3.8) is 0 Å². The Labute approximate surface area is 151 Å². The first-order valence-corrected chi connectivity index (χ1v) is 8.60. The number of thioether (sulfide) groups is 1. The second kappa shape index (κ2) is 7.68. The lowest BCUT2D eigenvalue weighted by Crippen LogP contribution is -2.12. The Bertz CT molecular complexity index is 867. The van der Waals surface area contributed by atoms with Crippen molar-refractivity contribution in [1.29, 1.82) is 0 Å². The van der Waals surface area contributed by atoms with E-state index in [0.29, 0.717) is 34.7 Å². The fourth-order valence-corrected chi connectivity index (χ4v) is 2.93. The summed E-state index contributed by atoms with van der Waals surface area (Å²) >= 11 is 1.32. The van der Waals surface area contributed by atoms with Gasteiger partial charge in [0.25, 0.3) is 0 Å². The van der Waals surface area contributed by atoms with E-state index in [1.165, 1.54) is 28.6 Å². The number of nitrogen functional groups attached to an aromatic ring is 1. The standard InChI is InChI=1S/C15H16F2N6O2S/c1-3-11-19-13(25-22-11)8(2)26-15-21-20-12(23(15)18)9-4-6-10(7-5-9)24-14(16)17/h4-8,14H,3,18H2,1-2H3. The maximum absolute atomic E-state index is 12.2. The summed E-state index contributed by atoms with van der Waals surface area (Å²) in [6, 6.07) is 5.98. The van der Waals surface area contributed by atoms with Crippen molar-refractivity contribution < 1.29 is 18.0 Å². The SMILES string of the molecule is CCc1noc(C(C)Sc2nnc(-c3ccc(OC(F)F)cc3)n2N)n1. The summed E-state index contributed by atoms with van der Waals surface area (Å²) in [4.78, 5) is 4.28. The zero-order valence-corrected chi connectivity index (χ0v) is 14.8. The van der Waals surface area contributed by atoms with Gasteiger partial charge in [-0.15, -0.1) is 10.2 Å². The lowest BCUT2D eigenvalue weighted by molar-refractivity contribution is -0.0498. The largest absolute Gasteiger partial charge is 0.435 e. The normalized spacial score (nSPS) is 12.5. The molecule has 1 atom stereocenters. The van der Waals surface area contributed by atoms with Gasteiger partial charge in [-0.3, -0.25) is 0 Å². The molecule has 0 saturated heterocycles. The average Bonchev–Trinajstić information content (AvgIpc) is 3.23. The van der Waals surface area contributed by atoms with Crippen LogP contribution in [0.2, 0.25) is 0 Å². The number of alkyl halides is 2. The first-order chi connectivity index (χ1) is 12.5. The van der Waals surface area contributed by atoms with Crippen LogP contribution in [0.5, 0.6) is 5.75 Å². The van der Waals surface area contributed by atoms with E-state index in [4.69, 9.17) is 10.4 Å². The zero-order valence-electron chi connectivity index (χ0n) is 14.0. The highest BCUT2D eigenvalue weighted by Crippen LogP contribution is 2.33. The lowest BCUT2D eigenvalue weighted by Gasteiger charge is -2.07. The van der Waals surface area contributed by atoms with Crippen LogP contribution in [0, 0.1) is 0 Å². The molecule has 2 N–H and O–H groups in total. The molecule has 0 fully saturated rings. The molecule has 2 aromatic heterocycles. The molecule has 1 unspecified atom stereocenters. The van der Waals surface area contributed by atoms with Crippen molar-refractivity contribution in [1.82, 2.24) is 25.0 Å². The minimum atomic E-state index is -2.87. The second-order valence-electron chi connectivity index (χ2n) is 5.24. The number of ether oxygens (including phenoxy) is 1. The number of halogens is 2. The van der Waals surface area contributed by atoms with Crippen LogP contribution in [0.3, 0.4) is 0 Å². The van der Waals surface area contributed by atoms with Crippen LogP contribution in [0.1, 0.15) is 30.8 Å². The van der Waals surface area contributed by atoms with Crippen molar-refractivity contribution in [3.05, 3.63) is 36.0 Å². The van der Waals surface area contributed by atoms with E-state index in [0.717, 1.165) is 0 Å². The van der Waals surface area contributed by atoms with E-state index < -0.39 is 6.61 Å². The Morgan fingerprint density at radius 3 is 2.62 bits per heavy atom. The molecule has 0 amide bonds. The topological polar surface area (TPSA) is 105 Å². The number of nitrogens with zero attached hydrogens (tertiary/aromatic N) is 5. The van der Waals surface area contributed by atoms with E-state index >= 15 is 0 Å². The molecule has 0 spiro atoms. The molecule has 26 heavy (non-hydrogen) atoms. The lowest BCUT2D eigenvalue weighted by atomic mass is 10.2. The van der Waals surface area contributed by atoms with E-state index in [1.54, 1.807) is 12.1 Å². The summed E-state index contributed by atoms with van der Waals surface area (Å²) in [7, 11) is 0. The first kappa shape index (κ1) is 18.1. The number of aryl methyl sites for hydroxylation is 1. The van der Waals surface area contributed by atoms with Crippen LogP contribution in [0.25, 0.3) is 11.4 Å². The third kappa shape index (κ3) is 3.93. The van der Waals surface area contributed by atoms with Gasteiger partial charge in [-0.2, -0.15) is 13.8 Å². The van der Waals surface area contributed by atoms with Crippen LogP contribution in [-0.2, 0) is 6.42 Å². The smallest absolute Gasteiger partial charge is 0.387 e. The molecule has 0 aliphatic rings. The minimum Gasteiger partial charge on any atom is -0.435 e. The quantitative estimate of drug-likeness (QED) is 0.491. The highest BCUT2D eigenvalue weighted by atomic mass is 32.2. The summed E-state index contributed by atoms with van der Waals surface area (Å²) in [5, 5.41) is 12.3. The molecule has 1 aromatic carbocycles. The first-order valence-electron chi connectivity index (χ1n) is 7.72. The maximum Gasteiger partial charge on any atom is 0.387 e. The summed E-state index contributed by atoms with van der Waals surface area (Å²) < 4.78 is 35.3. The van der Waals surface area contributed by atoms with Crippen molar-refractivity contribution in [2.45, 2.75) is 37.3 Å². The third-order valence-corrected chi connectivity index (χ3v) is 4.48. The van der Waals surface area contributed by atoms with Crippen molar-refractivity contribution in [3.8, 4) is 17.1 Å². The molecule has 0 saturated carbocycles. The Balaban J connectivity index is 1.75. The van der Waals surface area contributed by atoms with Gasteiger partial charge in [0.05, 0.1) is 5.25 Å². The molecular weight excluding hydrogens is 366 g/mol. The van der Waals surface area contributed by atoms with E-state index in [2.05, 4.69) is 25.1 Å². The van der Waals surface area contributed by atoms with Crippen LogP contribution in [-0.4, -0.2) is 31.6 Å². The van der Waals surface area contributed by atoms with Gasteiger partial charge in [0.1, 0.15) is 5.75 Å². The van der Waals surface area contributed by atoms with Gasteiger partial charge < -0.3 is 15.1 Å². The van der Waals surface area contributed by atoms with Crippen LogP contribution in [0.15, 0.2) is 33.9 Å². The molecule has 0 radical (unpaired) electrons. The van der Waals surface area contributed by atoms with Crippen LogP contribution < -0.4 is 10.6 Å². The molecule has 0 aliphatic heterocycles. The molecule has 3 rings (SSSR count). The van der Waals surface area contributed by atoms with Crippen molar-refractivity contribution in [2.24, 2.45) is 0 Å². The monoisotopic (exact) mass is 382 g/mol. The predicted octanol–water partition coefficient (Wildman–Crippen LogP) is 3.06. The number of nitrogens with two attached hydrogens (primary N) is 1. The molecular formula is C15H16F2N6O2S. The average molecular weight is 382 g/mol. The molecule has 8 nitrogen and oxygen atoms in total. The number of benzene rings is 1. The second-order valence-corrected chi connectivity index (χ2v) is 6.55. The van der Waals surface area contributed by atoms with Crippen LogP contribution >= 0.6 is 11.8 Å². The minimum absolute atomic E-state index is 0.0539. The number of aromatic nitrogens is 5. The molecule has 11 heteroatoms. The van der Waals surface area contributed by atoms with Gasteiger partial charge >= 0.3 is 6.61 Å². The van der Waals surface area contributed by atoms with Crippen molar-refractivity contribution in [2.75, 3.05) is 5.84 Å². The molecule has 0 aliphatic carbocycles. The van der Waals surface area contributed by atoms with Gasteiger partial charge in [0, 0.05) is 12.0 Å². The predicted molar refractivity (Wildman–Crippen MR) is 90.2 cm³/mol. The molecule has 138 valence electrons. The van der Waals surface area contributed by atoms with E-state index in [-0.39, 0.29) is 11.0 Å². The zero-order chi connectivity index (χ0) is 18.7. The van der Waals surface area contributed by atoms with Crippen LogP contribution in [0.4, 0.5) is 8.78 Å².